The van der Waals surface area contributed by atoms with Crippen LogP contribution >= 0.6 is 23.5 Å². The van der Waals surface area contributed by atoms with Crippen LogP contribution in [0.15, 0.2) is 53.0 Å². The van der Waals surface area contributed by atoms with E-state index < -0.39 is 74.8 Å². The summed E-state index contributed by atoms with van der Waals surface area (Å²) in [6.45, 7) is 4.77. The first-order chi connectivity index (χ1) is 20.2. The molecule has 0 saturated heterocycles. The fourth-order valence-corrected chi connectivity index (χ4v) is 9.87. The highest BCUT2D eigenvalue weighted by Gasteiger charge is 2.78. The molecular weight excluding hydrogens is 606 g/mol. The Kier molecular flexibility index (Phi) is 8.19. The second kappa shape index (κ2) is 11.1. The molecule has 0 bridgehead atoms. The molecule has 0 spiro atoms. The number of benzene rings is 1. The molecule has 230 valence electrons. The number of rotatable bonds is 6. The number of aliphatic hydroxyl groups excluding tert-OH is 1. The van der Waals surface area contributed by atoms with Crippen LogP contribution in [0.5, 0.6) is 0 Å². The van der Waals surface area contributed by atoms with E-state index in [0.717, 1.165) is 6.08 Å². The summed E-state index contributed by atoms with van der Waals surface area (Å²) in [6.07, 6.45) is -0.365. The van der Waals surface area contributed by atoms with Gasteiger partial charge in [-0.25, -0.2) is 13.6 Å². The maximum absolute atomic E-state index is 17.6. The number of esters is 1. The van der Waals surface area contributed by atoms with Gasteiger partial charge in [0.05, 0.1) is 23.5 Å². The number of aliphatic hydroxyl groups is 1. The van der Waals surface area contributed by atoms with Crippen molar-refractivity contribution < 1.29 is 41.8 Å². The molecule has 0 aliphatic heterocycles. The van der Waals surface area contributed by atoms with Crippen molar-refractivity contribution in [3.05, 3.63) is 53.6 Å². The number of thioether (sulfide) groups is 2. The van der Waals surface area contributed by atoms with Gasteiger partial charge in [-0.2, -0.15) is 14.0 Å². The largest absolute Gasteiger partial charge is 0.446 e. The number of halogens is 4. The van der Waals surface area contributed by atoms with E-state index in [4.69, 9.17) is 4.74 Å². The van der Waals surface area contributed by atoms with Crippen molar-refractivity contribution >= 4 is 40.4 Å². The highest BCUT2D eigenvalue weighted by Crippen LogP contribution is 2.72. The number of nitriles is 1. The molecule has 4 aliphatic carbocycles. The molecule has 0 aromatic heterocycles. The zero-order valence-electron chi connectivity index (χ0n) is 23.7. The van der Waals surface area contributed by atoms with Gasteiger partial charge in [-0.3, -0.25) is 9.59 Å². The number of hydrogen-bond acceptors (Lipinski definition) is 8. The van der Waals surface area contributed by atoms with Crippen LogP contribution in [0.4, 0.5) is 17.6 Å². The first-order valence-electron chi connectivity index (χ1n) is 13.9. The van der Waals surface area contributed by atoms with Gasteiger partial charge in [0.25, 0.3) is 5.76 Å². The van der Waals surface area contributed by atoms with Gasteiger partial charge in [-0.1, -0.05) is 49.5 Å². The van der Waals surface area contributed by atoms with Crippen molar-refractivity contribution in [2.75, 3.05) is 5.75 Å². The molecule has 4 aliphatic rings. The van der Waals surface area contributed by atoms with Crippen LogP contribution in [0, 0.1) is 39.9 Å². The predicted octanol–water partition coefficient (Wildman–Crippen LogP) is 6.25. The van der Waals surface area contributed by atoms with E-state index in [1.165, 1.54) is 43.3 Å². The number of alkyl halides is 4. The van der Waals surface area contributed by atoms with E-state index in [9.17, 15) is 33.5 Å². The molecule has 5 rings (SSSR count). The Morgan fingerprint density at radius 1 is 1.23 bits per heavy atom. The smallest absolute Gasteiger partial charge is 0.339 e. The Bertz CT molecular complexity index is 1460. The lowest BCUT2D eigenvalue weighted by Crippen LogP contribution is -2.70. The molecule has 3 fully saturated rings. The Labute approximate surface area is 255 Å². The standard InChI is InChI=1S/C31H31F4NO5S2/c1-16-11-20-21-14-23(32)22-13-18(37)7-8-28(22,2)30(21,35)24(38)15-29(20,3)31(16,26(40)42-10-9-36)41-25(39)17-5-4-6-19(12-17)43-27(33)34/h4-8,12-13,16,20-21,23-24,27,38H,10-11,14-15H2,1-3H3/t16-,20?,21?,23+,24+,28+,29+,30+,31+/m1/s1. The fraction of sp³-hybridized carbons (Fsp3) is 0.548. The summed E-state index contributed by atoms with van der Waals surface area (Å²) in [6, 6.07) is 7.27. The van der Waals surface area contributed by atoms with Crippen molar-refractivity contribution in [2.24, 2.45) is 28.6 Å². The molecule has 0 amide bonds. The first-order valence-corrected chi connectivity index (χ1v) is 15.8. The molecule has 1 aromatic carbocycles. The zero-order chi connectivity index (χ0) is 31.5. The number of carbonyl (C=O) groups excluding carboxylic acids is 3. The molecule has 0 heterocycles. The van der Waals surface area contributed by atoms with Crippen LogP contribution in [-0.4, -0.2) is 57.0 Å². The van der Waals surface area contributed by atoms with Gasteiger partial charge in [0, 0.05) is 27.6 Å². The molecule has 0 radical (unpaired) electrons. The second-order valence-corrected chi connectivity index (χ2v) is 14.3. The predicted molar refractivity (Wildman–Crippen MR) is 153 cm³/mol. The number of carbonyl (C=O) groups is 3. The molecular formula is C31H31F4NO5S2. The third-order valence-corrected chi connectivity index (χ3v) is 11.8. The third-order valence-electron chi connectivity index (χ3n) is 10.3. The van der Waals surface area contributed by atoms with Crippen molar-refractivity contribution in [1.82, 2.24) is 0 Å². The molecule has 12 heteroatoms. The molecule has 2 unspecified atom stereocenters. The van der Waals surface area contributed by atoms with E-state index in [-0.39, 0.29) is 52.8 Å². The highest BCUT2D eigenvalue weighted by atomic mass is 32.2. The maximum atomic E-state index is 17.6. The topological polar surface area (TPSA) is 104 Å². The van der Waals surface area contributed by atoms with E-state index >= 15 is 8.78 Å². The summed E-state index contributed by atoms with van der Waals surface area (Å²) in [5.41, 5.74) is -7.48. The number of ketones is 1. The Balaban J connectivity index is 1.60. The monoisotopic (exact) mass is 637 g/mol. The van der Waals surface area contributed by atoms with Gasteiger partial charge >= 0.3 is 5.97 Å². The number of allylic oxidation sites excluding steroid dienone is 4. The van der Waals surface area contributed by atoms with Crippen LogP contribution in [0.3, 0.4) is 0 Å². The zero-order valence-corrected chi connectivity index (χ0v) is 25.3. The highest BCUT2D eigenvalue weighted by molar-refractivity contribution is 8.14. The summed E-state index contributed by atoms with van der Waals surface area (Å²) in [7, 11) is 0. The summed E-state index contributed by atoms with van der Waals surface area (Å²) >= 11 is 0.878. The van der Waals surface area contributed by atoms with Crippen LogP contribution in [0.25, 0.3) is 0 Å². The van der Waals surface area contributed by atoms with Gasteiger partial charge in [-0.15, -0.1) is 0 Å². The van der Waals surface area contributed by atoms with Gasteiger partial charge in [-0.05, 0) is 68.0 Å². The van der Waals surface area contributed by atoms with Gasteiger partial charge in [0.1, 0.15) is 6.17 Å². The van der Waals surface area contributed by atoms with Crippen LogP contribution in [0.1, 0.15) is 50.4 Å². The molecule has 43 heavy (non-hydrogen) atoms. The van der Waals surface area contributed by atoms with Crippen molar-refractivity contribution in [3.8, 4) is 6.07 Å². The average molecular weight is 638 g/mol. The number of hydrogen-bond donors (Lipinski definition) is 1. The van der Waals surface area contributed by atoms with Crippen molar-refractivity contribution in [2.45, 2.75) is 74.2 Å². The van der Waals surface area contributed by atoms with Crippen molar-refractivity contribution in [1.29, 1.82) is 5.26 Å². The normalized spacial score (nSPS) is 39.8. The minimum atomic E-state index is -2.73. The maximum Gasteiger partial charge on any atom is 0.339 e. The van der Waals surface area contributed by atoms with E-state index in [1.807, 2.05) is 6.07 Å². The van der Waals surface area contributed by atoms with E-state index in [0.29, 0.717) is 11.8 Å². The van der Waals surface area contributed by atoms with Crippen molar-refractivity contribution in [3.63, 3.8) is 0 Å². The number of ether oxygens (including phenoxy) is 1. The summed E-state index contributed by atoms with van der Waals surface area (Å²) in [5, 5.41) is 20.2. The lowest BCUT2D eigenvalue weighted by atomic mass is 9.44. The molecule has 9 atom stereocenters. The van der Waals surface area contributed by atoms with Gasteiger partial charge < -0.3 is 9.84 Å². The number of nitrogens with zero attached hydrogens (tertiary/aromatic N) is 1. The fourth-order valence-electron chi connectivity index (χ4n) is 8.43. The SMILES string of the molecule is C[C@@H]1CC2C3C[C@H](F)C4=CC(=O)C=C[C@]4(C)[C@@]3(F)[C@@H](O)C[C@]2(C)[C@@]1(OC(=O)c1cccc(SC(F)F)c1)C(=O)SCC#N. The Morgan fingerprint density at radius 2 is 1.95 bits per heavy atom. The number of fused-ring (bicyclic) bond motifs is 5. The van der Waals surface area contributed by atoms with Gasteiger partial charge in [0.15, 0.2) is 17.1 Å². The lowest BCUT2D eigenvalue weighted by Gasteiger charge is -2.63. The first kappa shape index (κ1) is 31.8. The van der Waals surface area contributed by atoms with Crippen LogP contribution < -0.4 is 0 Å². The average Bonchev–Trinajstić information content (AvgIpc) is 3.16. The van der Waals surface area contributed by atoms with E-state index in [2.05, 4.69) is 0 Å². The van der Waals surface area contributed by atoms with Crippen LogP contribution in [0.2, 0.25) is 0 Å². The Morgan fingerprint density at radius 3 is 2.63 bits per heavy atom. The van der Waals surface area contributed by atoms with E-state index in [1.54, 1.807) is 13.8 Å². The second-order valence-electron chi connectivity index (χ2n) is 12.3. The Hall–Kier alpha value is -2.62. The van der Waals surface area contributed by atoms with Gasteiger partial charge in [0.2, 0.25) is 5.12 Å². The molecule has 1 aromatic rings. The quantitative estimate of drug-likeness (QED) is 0.222. The lowest BCUT2D eigenvalue weighted by molar-refractivity contribution is -0.221. The summed E-state index contributed by atoms with van der Waals surface area (Å²) < 4.78 is 65.5. The minimum absolute atomic E-state index is 0.0349. The summed E-state index contributed by atoms with van der Waals surface area (Å²) in [5.74, 6) is -7.01. The molecule has 6 nitrogen and oxygen atoms in total. The van der Waals surface area contributed by atoms with Crippen LogP contribution in [-0.2, 0) is 14.3 Å². The summed E-state index contributed by atoms with van der Waals surface area (Å²) in [4.78, 5) is 39.9. The minimum Gasteiger partial charge on any atom is -0.446 e. The third kappa shape index (κ3) is 4.60. The molecule has 1 N–H and O–H groups in total. The molecule has 3 saturated carbocycles.